The number of aromatic nitrogens is 2. The van der Waals surface area contributed by atoms with Crippen molar-refractivity contribution in [2.75, 3.05) is 0 Å². The van der Waals surface area contributed by atoms with Gasteiger partial charge < -0.3 is 0 Å². The van der Waals surface area contributed by atoms with Gasteiger partial charge in [0, 0.05) is 0 Å². The first kappa shape index (κ1) is 17.9. The molecule has 2 rings (SSSR count). The summed E-state index contributed by atoms with van der Waals surface area (Å²) in [7, 11) is 0. The van der Waals surface area contributed by atoms with Crippen molar-refractivity contribution in [2.24, 2.45) is 0 Å². The minimum Gasteiger partial charge on any atom is -0.166 e. The van der Waals surface area contributed by atoms with E-state index < -0.39 is 11.7 Å². The summed E-state index contributed by atoms with van der Waals surface area (Å²) in [6, 6.07) is 0. The molecule has 1 aliphatic carbocycles. The maximum Gasteiger partial charge on any atom is 0.418 e. The first-order valence-electron chi connectivity index (χ1n) is 6.82. The zero-order valence-electron chi connectivity index (χ0n) is 12.5. The van der Waals surface area contributed by atoms with Crippen LogP contribution in [0.2, 0.25) is 0 Å². The largest absolute Gasteiger partial charge is 0.418 e. The average Bonchev–Trinajstić information content (AvgIpc) is 3.19. The fourth-order valence-corrected chi connectivity index (χ4v) is 1.86. The maximum absolute atomic E-state index is 12.8. The Kier molecular flexibility index (Phi) is 7.01. The topological polar surface area (TPSA) is 25.8 Å². The molecule has 0 spiro atoms. The highest BCUT2D eigenvalue weighted by molar-refractivity contribution is 5.39. The fourth-order valence-electron chi connectivity index (χ4n) is 1.86. The third-order valence-electron chi connectivity index (χ3n) is 2.64. The van der Waals surface area contributed by atoms with Crippen molar-refractivity contribution in [1.29, 1.82) is 0 Å². The van der Waals surface area contributed by atoms with Crippen LogP contribution in [0.3, 0.4) is 0 Å². The number of alkyl halides is 3. The average molecular weight is 276 g/mol. The summed E-state index contributed by atoms with van der Waals surface area (Å²) >= 11 is 0. The van der Waals surface area contributed by atoms with Crippen molar-refractivity contribution in [3.05, 3.63) is 22.5 Å². The lowest BCUT2D eigenvalue weighted by Gasteiger charge is -2.15. The van der Waals surface area contributed by atoms with Crippen molar-refractivity contribution in [3.63, 3.8) is 0 Å². The van der Waals surface area contributed by atoms with Gasteiger partial charge in [0.1, 0.15) is 0 Å². The van der Waals surface area contributed by atoms with Crippen molar-refractivity contribution in [2.45, 2.75) is 66.5 Å². The van der Waals surface area contributed by atoms with Crippen LogP contribution in [0, 0.1) is 13.8 Å². The first-order chi connectivity index (χ1) is 8.91. The highest BCUT2D eigenvalue weighted by Crippen LogP contribution is 2.47. The molecule has 1 aromatic heterocycles. The molecule has 5 heteroatoms. The molecule has 0 bridgehead atoms. The molecule has 0 aromatic carbocycles. The molecule has 0 unspecified atom stereocenters. The number of rotatable bonds is 1. The molecule has 1 heterocycles. The van der Waals surface area contributed by atoms with E-state index in [4.69, 9.17) is 0 Å². The molecule has 0 radical (unpaired) electrons. The SMILES string of the molecule is CC.CC.Cc1nnc(C)c(C(F)(F)F)c1C1CC1. The van der Waals surface area contributed by atoms with Gasteiger partial charge in [-0.1, -0.05) is 27.7 Å². The molecule has 19 heavy (non-hydrogen) atoms. The van der Waals surface area contributed by atoms with E-state index in [-0.39, 0.29) is 11.6 Å². The molecule has 1 aromatic rings. The molecule has 0 N–H and O–H groups in total. The Morgan fingerprint density at radius 1 is 0.895 bits per heavy atom. The summed E-state index contributed by atoms with van der Waals surface area (Å²) in [5, 5.41) is 7.31. The van der Waals surface area contributed by atoms with E-state index in [0.717, 1.165) is 12.8 Å². The predicted octanol–water partition coefficient (Wildman–Crippen LogP) is 5.04. The van der Waals surface area contributed by atoms with Gasteiger partial charge in [0.2, 0.25) is 0 Å². The third-order valence-corrected chi connectivity index (χ3v) is 2.64. The van der Waals surface area contributed by atoms with Gasteiger partial charge in [0.05, 0.1) is 17.0 Å². The van der Waals surface area contributed by atoms with E-state index in [1.165, 1.54) is 6.92 Å². The van der Waals surface area contributed by atoms with Gasteiger partial charge in [-0.3, -0.25) is 0 Å². The Morgan fingerprint density at radius 2 is 1.32 bits per heavy atom. The first-order valence-corrected chi connectivity index (χ1v) is 6.82. The molecule has 0 amide bonds. The van der Waals surface area contributed by atoms with E-state index in [0.29, 0.717) is 11.3 Å². The molecular weight excluding hydrogens is 253 g/mol. The van der Waals surface area contributed by atoms with Crippen LogP contribution in [0.15, 0.2) is 0 Å². The second-order valence-corrected chi connectivity index (χ2v) is 3.93. The van der Waals surface area contributed by atoms with Gasteiger partial charge in [-0.25, -0.2) is 0 Å². The van der Waals surface area contributed by atoms with Crippen molar-refractivity contribution in [1.82, 2.24) is 10.2 Å². The summed E-state index contributed by atoms with van der Waals surface area (Å²) in [5.74, 6) is 0.0378. The van der Waals surface area contributed by atoms with E-state index >= 15 is 0 Å². The van der Waals surface area contributed by atoms with Crippen LogP contribution in [0.1, 0.15) is 69.0 Å². The summed E-state index contributed by atoms with van der Waals surface area (Å²) < 4.78 is 38.4. The lowest BCUT2D eigenvalue weighted by molar-refractivity contribution is -0.139. The van der Waals surface area contributed by atoms with Crippen LogP contribution < -0.4 is 0 Å². The van der Waals surface area contributed by atoms with Crippen LogP contribution in [0.25, 0.3) is 0 Å². The van der Waals surface area contributed by atoms with E-state index in [1.54, 1.807) is 6.92 Å². The zero-order valence-corrected chi connectivity index (χ0v) is 12.5. The number of hydrogen-bond acceptors (Lipinski definition) is 2. The Balaban J connectivity index is 0.000000741. The van der Waals surface area contributed by atoms with Crippen LogP contribution in [0.4, 0.5) is 13.2 Å². The quantitative estimate of drug-likeness (QED) is 0.718. The molecule has 0 atom stereocenters. The highest BCUT2D eigenvalue weighted by atomic mass is 19.4. The fraction of sp³-hybridized carbons (Fsp3) is 0.714. The second-order valence-electron chi connectivity index (χ2n) is 3.93. The number of halogens is 3. The van der Waals surface area contributed by atoms with Gasteiger partial charge in [0.25, 0.3) is 0 Å². The normalized spacial score (nSPS) is 13.9. The molecule has 1 aliphatic rings. The lowest BCUT2D eigenvalue weighted by atomic mass is 10.0. The lowest BCUT2D eigenvalue weighted by Crippen LogP contribution is -2.15. The molecule has 1 fully saturated rings. The van der Waals surface area contributed by atoms with Gasteiger partial charge in [-0.2, -0.15) is 23.4 Å². The smallest absolute Gasteiger partial charge is 0.166 e. The standard InChI is InChI=1S/C10H11F3N2.2C2H6/c1-5-8(7-3-4-7)9(10(11,12)13)6(2)15-14-5;2*1-2/h7H,3-4H2,1-2H3;2*1-2H3. The van der Waals surface area contributed by atoms with Crippen LogP contribution in [-0.2, 0) is 6.18 Å². The Morgan fingerprint density at radius 3 is 1.68 bits per heavy atom. The van der Waals surface area contributed by atoms with Crippen LogP contribution >= 0.6 is 0 Å². The number of hydrogen-bond donors (Lipinski definition) is 0. The number of nitrogens with zero attached hydrogens (tertiary/aromatic N) is 2. The Bertz CT molecular complexity index is 396. The van der Waals surface area contributed by atoms with E-state index in [1.807, 2.05) is 27.7 Å². The van der Waals surface area contributed by atoms with Crippen molar-refractivity contribution >= 4 is 0 Å². The highest BCUT2D eigenvalue weighted by Gasteiger charge is 2.41. The summed E-state index contributed by atoms with van der Waals surface area (Å²) in [6.07, 6.45) is -2.66. The van der Waals surface area contributed by atoms with Crippen LogP contribution in [0.5, 0.6) is 0 Å². The minimum absolute atomic E-state index is 0.0185. The zero-order chi connectivity index (χ0) is 15.2. The summed E-state index contributed by atoms with van der Waals surface area (Å²) in [5.41, 5.74) is 0.179. The van der Waals surface area contributed by atoms with Gasteiger partial charge in [0.15, 0.2) is 0 Å². The Hall–Kier alpha value is -1.13. The van der Waals surface area contributed by atoms with Gasteiger partial charge >= 0.3 is 6.18 Å². The minimum atomic E-state index is -4.32. The summed E-state index contributed by atoms with van der Waals surface area (Å²) in [4.78, 5) is 0. The molecule has 110 valence electrons. The maximum atomic E-state index is 12.8. The van der Waals surface area contributed by atoms with Gasteiger partial charge in [-0.15, -0.1) is 0 Å². The molecular formula is C14H23F3N2. The van der Waals surface area contributed by atoms with E-state index in [2.05, 4.69) is 10.2 Å². The third kappa shape index (κ3) is 4.48. The molecule has 2 nitrogen and oxygen atoms in total. The second kappa shape index (κ2) is 7.46. The van der Waals surface area contributed by atoms with Crippen molar-refractivity contribution < 1.29 is 13.2 Å². The van der Waals surface area contributed by atoms with Crippen molar-refractivity contribution in [3.8, 4) is 0 Å². The monoisotopic (exact) mass is 276 g/mol. The Labute approximate surface area is 113 Å². The predicted molar refractivity (Wildman–Crippen MR) is 71.2 cm³/mol. The van der Waals surface area contributed by atoms with E-state index in [9.17, 15) is 13.2 Å². The van der Waals surface area contributed by atoms with Gasteiger partial charge in [-0.05, 0) is 38.2 Å². The summed E-state index contributed by atoms with van der Waals surface area (Å²) in [6.45, 7) is 11.0. The molecule has 1 saturated carbocycles. The molecule has 0 saturated heterocycles. The molecule has 0 aliphatic heterocycles. The van der Waals surface area contributed by atoms with Crippen LogP contribution in [-0.4, -0.2) is 10.2 Å². The number of aryl methyl sites for hydroxylation is 2.